The first-order valence-corrected chi connectivity index (χ1v) is 8.32. The molecular weight excluding hydrogens is 316 g/mol. The molecule has 5 nitrogen and oxygen atoms in total. The van der Waals surface area contributed by atoms with Crippen LogP contribution in [0.25, 0.3) is 0 Å². The van der Waals surface area contributed by atoms with Gasteiger partial charge in [-0.1, -0.05) is 32.0 Å². The highest BCUT2D eigenvalue weighted by molar-refractivity contribution is 5.93. The summed E-state index contributed by atoms with van der Waals surface area (Å²) >= 11 is 0. The van der Waals surface area contributed by atoms with E-state index in [9.17, 15) is 9.59 Å². The van der Waals surface area contributed by atoms with Crippen LogP contribution in [0, 0.1) is 12.8 Å². The predicted molar refractivity (Wildman–Crippen MR) is 99.8 cm³/mol. The van der Waals surface area contributed by atoms with E-state index < -0.39 is 0 Å². The second-order valence-corrected chi connectivity index (χ2v) is 6.33. The van der Waals surface area contributed by atoms with E-state index in [0.29, 0.717) is 29.5 Å². The molecule has 0 aliphatic heterocycles. The van der Waals surface area contributed by atoms with Crippen molar-refractivity contribution >= 4 is 23.2 Å². The smallest absolute Gasteiger partial charge is 0.262 e. The van der Waals surface area contributed by atoms with E-state index in [0.717, 1.165) is 5.56 Å². The van der Waals surface area contributed by atoms with E-state index in [1.807, 2.05) is 45.0 Å². The van der Waals surface area contributed by atoms with E-state index in [-0.39, 0.29) is 18.4 Å². The molecule has 2 aromatic rings. The summed E-state index contributed by atoms with van der Waals surface area (Å²) in [5.41, 5.74) is 2.34. The number of anilines is 2. The summed E-state index contributed by atoms with van der Waals surface area (Å²) in [6, 6.07) is 14.6. The van der Waals surface area contributed by atoms with Gasteiger partial charge in [0, 0.05) is 17.8 Å². The van der Waals surface area contributed by atoms with E-state index >= 15 is 0 Å². The van der Waals surface area contributed by atoms with Gasteiger partial charge in [-0.3, -0.25) is 9.59 Å². The lowest BCUT2D eigenvalue weighted by Gasteiger charge is -2.10. The molecule has 25 heavy (non-hydrogen) atoms. The molecule has 2 amide bonds. The average molecular weight is 340 g/mol. The van der Waals surface area contributed by atoms with Gasteiger partial charge in [0.2, 0.25) is 5.91 Å². The third kappa shape index (κ3) is 6.30. The van der Waals surface area contributed by atoms with Crippen molar-refractivity contribution in [2.45, 2.75) is 27.2 Å². The number of rotatable bonds is 7. The van der Waals surface area contributed by atoms with Gasteiger partial charge in [0.25, 0.3) is 5.91 Å². The van der Waals surface area contributed by atoms with E-state index in [1.165, 1.54) is 0 Å². The summed E-state index contributed by atoms with van der Waals surface area (Å²) in [6.07, 6.45) is 0.481. The summed E-state index contributed by atoms with van der Waals surface area (Å²) in [6.45, 7) is 5.87. The number of amides is 2. The minimum atomic E-state index is -0.236. The van der Waals surface area contributed by atoms with Crippen LogP contribution < -0.4 is 15.4 Å². The molecule has 0 unspecified atom stereocenters. The predicted octanol–water partition coefficient (Wildman–Crippen LogP) is 4.00. The molecule has 2 N–H and O–H groups in total. The first-order chi connectivity index (χ1) is 11.9. The molecule has 0 aliphatic carbocycles. The van der Waals surface area contributed by atoms with Crippen molar-refractivity contribution in [2.24, 2.45) is 5.92 Å². The molecule has 0 aromatic heterocycles. The zero-order valence-electron chi connectivity index (χ0n) is 14.8. The highest BCUT2D eigenvalue weighted by Gasteiger charge is 2.07. The van der Waals surface area contributed by atoms with Crippen LogP contribution >= 0.6 is 0 Å². The second kappa shape index (κ2) is 8.87. The van der Waals surface area contributed by atoms with Gasteiger partial charge in [0.1, 0.15) is 5.75 Å². The Labute approximate surface area is 148 Å². The SMILES string of the molecule is Cc1ccccc1OCC(=O)Nc1ccc(NC(=O)CC(C)C)cc1. The minimum absolute atomic E-state index is 0.0154. The zero-order chi connectivity index (χ0) is 18.2. The highest BCUT2D eigenvalue weighted by atomic mass is 16.5. The maximum Gasteiger partial charge on any atom is 0.262 e. The molecule has 0 spiro atoms. The van der Waals surface area contributed by atoms with Crippen LogP contribution in [-0.2, 0) is 9.59 Å². The normalized spacial score (nSPS) is 10.4. The quantitative estimate of drug-likeness (QED) is 0.800. The number of aryl methyl sites for hydroxylation is 1. The number of carbonyl (C=O) groups is 2. The Morgan fingerprint density at radius 2 is 1.48 bits per heavy atom. The molecule has 0 radical (unpaired) electrons. The summed E-state index contributed by atoms with van der Waals surface area (Å²) in [7, 11) is 0. The third-order valence-electron chi connectivity index (χ3n) is 3.50. The standard InChI is InChI=1S/C20H24N2O3/c1-14(2)12-19(23)21-16-8-10-17(11-9-16)22-20(24)13-25-18-7-5-4-6-15(18)3/h4-11,14H,12-13H2,1-3H3,(H,21,23)(H,22,24). The molecule has 0 atom stereocenters. The molecule has 5 heteroatoms. The van der Waals surface area contributed by atoms with Crippen molar-refractivity contribution < 1.29 is 14.3 Å². The van der Waals surface area contributed by atoms with Crippen molar-refractivity contribution in [1.29, 1.82) is 0 Å². The zero-order valence-corrected chi connectivity index (χ0v) is 14.8. The molecule has 0 aliphatic rings. The maximum absolute atomic E-state index is 12.0. The van der Waals surface area contributed by atoms with E-state index in [2.05, 4.69) is 10.6 Å². The van der Waals surface area contributed by atoms with Gasteiger partial charge in [-0.25, -0.2) is 0 Å². The average Bonchev–Trinajstić information content (AvgIpc) is 2.55. The van der Waals surface area contributed by atoms with Crippen LogP contribution in [0.4, 0.5) is 11.4 Å². The lowest BCUT2D eigenvalue weighted by atomic mass is 10.1. The summed E-state index contributed by atoms with van der Waals surface area (Å²) in [5.74, 6) is 0.755. The molecule has 132 valence electrons. The molecular formula is C20H24N2O3. The number of hydrogen-bond acceptors (Lipinski definition) is 3. The maximum atomic E-state index is 12.0. The number of para-hydroxylation sites is 1. The van der Waals surface area contributed by atoms with Crippen LogP contribution in [-0.4, -0.2) is 18.4 Å². The van der Waals surface area contributed by atoms with Gasteiger partial charge < -0.3 is 15.4 Å². The van der Waals surface area contributed by atoms with Crippen LogP contribution in [0.1, 0.15) is 25.8 Å². The fourth-order valence-corrected chi connectivity index (χ4v) is 2.28. The lowest BCUT2D eigenvalue weighted by molar-refractivity contribution is -0.118. The van der Waals surface area contributed by atoms with Gasteiger partial charge >= 0.3 is 0 Å². The van der Waals surface area contributed by atoms with Gasteiger partial charge in [-0.05, 0) is 48.7 Å². The summed E-state index contributed by atoms with van der Waals surface area (Å²) in [5, 5.41) is 5.60. The second-order valence-electron chi connectivity index (χ2n) is 6.33. The molecule has 0 saturated carbocycles. The van der Waals surface area contributed by atoms with Gasteiger partial charge in [0.15, 0.2) is 6.61 Å². The molecule has 2 aromatic carbocycles. The molecule has 0 saturated heterocycles. The lowest BCUT2D eigenvalue weighted by Crippen LogP contribution is -2.20. The van der Waals surface area contributed by atoms with Crippen molar-refractivity contribution in [2.75, 3.05) is 17.2 Å². The molecule has 0 fully saturated rings. The largest absolute Gasteiger partial charge is 0.483 e. The molecule has 2 rings (SSSR count). The summed E-state index contributed by atoms with van der Waals surface area (Å²) in [4.78, 5) is 23.7. The Hall–Kier alpha value is -2.82. The Kier molecular flexibility index (Phi) is 6.57. The first kappa shape index (κ1) is 18.5. The Morgan fingerprint density at radius 1 is 0.920 bits per heavy atom. The highest BCUT2D eigenvalue weighted by Crippen LogP contribution is 2.17. The van der Waals surface area contributed by atoms with Gasteiger partial charge in [0.05, 0.1) is 0 Å². The first-order valence-electron chi connectivity index (χ1n) is 8.32. The van der Waals surface area contributed by atoms with Crippen molar-refractivity contribution in [3.8, 4) is 5.75 Å². The number of nitrogens with one attached hydrogen (secondary N) is 2. The number of benzene rings is 2. The van der Waals surface area contributed by atoms with E-state index in [4.69, 9.17) is 4.74 Å². The van der Waals surface area contributed by atoms with Crippen LogP contribution in [0.3, 0.4) is 0 Å². The third-order valence-corrected chi connectivity index (χ3v) is 3.50. The Bertz CT molecular complexity index is 724. The summed E-state index contributed by atoms with van der Waals surface area (Å²) < 4.78 is 5.52. The van der Waals surface area contributed by atoms with Crippen molar-refractivity contribution in [3.05, 3.63) is 54.1 Å². The number of hydrogen-bond donors (Lipinski definition) is 2. The topological polar surface area (TPSA) is 67.4 Å². The van der Waals surface area contributed by atoms with Crippen molar-refractivity contribution in [1.82, 2.24) is 0 Å². The van der Waals surface area contributed by atoms with Crippen LogP contribution in [0.15, 0.2) is 48.5 Å². The van der Waals surface area contributed by atoms with Gasteiger partial charge in [-0.2, -0.15) is 0 Å². The van der Waals surface area contributed by atoms with Crippen LogP contribution in [0.2, 0.25) is 0 Å². The Balaban J connectivity index is 1.83. The fourth-order valence-electron chi connectivity index (χ4n) is 2.28. The monoisotopic (exact) mass is 340 g/mol. The minimum Gasteiger partial charge on any atom is -0.483 e. The van der Waals surface area contributed by atoms with Gasteiger partial charge in [-0.15, -0.1) is 0 Å². The Morgan fingerprint density at radius 3 is 2.04 bits per heavy atom. The fraction of sp³-hybridized carbons (Fsp3) is 0.300. The van der Waals surface area contributed by atoms with Crippen LogP contribution in [0.5, 0.6) is 5.75 Å². The number of ether oxygens (including phenoxy) is 1. The number of carbonyl (C=O) groups excluding carboxylic acids is 2. The van der Waals surface area contributed by atoms with E-state index in [1.54, 1.807) is 24.3 Å². The molecule has 0 bridgehead atoms. The molecule has 0 heterocycles. The van der Waals surface area contributed by atoms with Crippen molar-refractivity contribution in [3.63, 3.8) is 0 Å².